The van der Waals surface area contributed by atoms with Gasteiger partial charge in [-0.3, -0.25) is 0 Å². The zero-order valence-electron chi connectivity index (χ0n) is 15.3. The van der Waals surface area contributed by atoms with Gasteiger partial charge in [-0.25, -0.2) is 4.98 Å². The molecule has 0 bridgehead atoms. The van der Waals surface area contributed by atoms with Crippen LogP contribution in [0.25, 0.3) is 11.1 Å². The first-order valence-corrected chi connectivity index (χ1v) is 9.01. The monoisotopic (exact) mass is 321 g/mol. The van der Waals surface area contributed by atoms with Crippen LogP contribution < -0.4 is 9.80 Å². The fraction of sp³-hybridized carbons (Fsp3) is 0.476. The van der Waals surface area contributed by atoms with Gasteiger partial charge in [0.2, 0.25) is 0 Å². The molecule has 2 aromatic rings. The van der Waals surface area contributed by atoms with Crippen molar-refractivity contribution >= 4 is 11.6 Å². The zero-order chi connectivity index (χ0) is 16.9. The number of pyridine rings is 1. The summed E-state index contributed by atoms with van der Waals surface area (Å²) in [4.78, 5) is 9.78. The molecule has 3 nitrogen and oxygen atoms in total. The fourth-order valence-corrected chi connectivity index (χ4v) is 3.72. The van der Waals surface area contributed by atoms with Crippen LogP contribution in [0.1, 0.15) is 31.4 Å². The lowest BCUT2D eigenvalue weighted by Crippen LogP contribution is -2.53. The Labute approximate surface area is 145 Å². The molecule has 126 valence electrons. The van der Waals surface area contributed by atoms with E-state index in [1.165, 1.54) is 28.7 Å². The Morgan fingerprint density at radius 3 is 2.17 bits per heavy atom. The quantitative estimate of drug-likeness (QED) is 0.834. The van der Waals surface area contributed by atoms with Gasteiger partial charge in [-0.15, -0.1) is 0 Å². The molecule has 2 aliphatic heterocycles. The Bertz CT molecular complexity index is 767. The highest BCUT2D eigenvalue weighted by Gasteiger charge is 2.35. The molecule has 0 saturated carbocycles. The molecular weight excluding hydrogens is 294 g/mol. The van der Waals surface area contributed by atoms with Crippen molar-refractivity contribution < 1.29 is 0 Å². The lowest BCUT2D eigenvalue weighted by Gasteiger charge is -2.47. The van der Waals surface area contributed by atoms with E-state index < -0.39 is 0 Å². The van der Waals surface area contributed by atoms with E-state index in [1.807, 2.05) is 0 Å². The summed E-state index contributed by atoms with van der Waals surface area (Å²) in [6, 6.07) is 11.3. The van der Waals surface area contributed by atoms with Gasteiger partial charge in [0.05, 0.1) is 0 Å². The summed E-state index contributed by atoms with van der Waals surface area (Å²) >= 11 is 0. The van der Waals surface area contributed by atoms with Gasteiger partial charge in [0.15, 0.2) is 0 Å². The van der Waals surface area contributed by atoms with E-state index in [0.29, 0.717) is 5.41 Å². The number of hydrogen-bond donors (Lipinski definition) is 0. The minimum absolute atomic E-state index is 0.411. The van der Waals surface area contributed by atoms with Crippen LogP contribution >= 0.6 is 0 Å². The highest BCUT2D eigenvalue weighted by atomic mass is 15.3. The van der Waals surface area contributed by atoms with Crippen molar-refractivity contribution in [3.8, 4) is 11.1 Å². The van der Waals surface area contributed by atoms with Crippen molar-refractivity contribution in [2.24, 2.45) is 5.41 Å². The number of aryl methyl sites for hydroxylation is 2. The average molecular weight is 321 g/mol. The van der Waals surface area contributed by atoms with E-state index in [-0.39, 0.29) is 0 Å². The Kier molecular flexibility index (Phi) is 3.56. The maximum Gasteiger partial charge on any atom is 0.131 e. The van der Waals surface area contributed by atoms with E-state index in [2.05, 4.69) is 67.8 Å². The molecule has 1 aromatic heterocycles. The minimum atomic E-state index is 0.411. The van der Waals surface area contributed by atoms with Crippen molar-refractivity contribution in [3.05, 3.63) is 41.5 Å². The molecule has 3 heteroatoms. The molecule has 1 aromatic carbocycles. The number of hydrogen-bond acceptors (Lipinski definition) is 3. The number of anilines is 2. The Hall–Kier alpha value is -2.03. The minimum Gasteiger partial charge on any atom is -0.356 e. The lowest BCUT2D eigenvalue weighted by atomic mass is 9.84. The maximum atomic E-state index is 4.97. The van der Waals surface area contributed by atoms with Crippen LogP contribution in [-0.2, 0) is 0 Å². The van der Waals surface area contributed by atoms with E-state index in [0.717, 1.165) is 37.8 Å². The Balaban J connectivity index is 1.76. The number of aromatic nitrogens is 1. The van der Waals surface area contributed by atoms with Crippen LogP contribution in [0.3, 0.4) is 0 Å². The molecule has 3 heterocycles. The molecule has 24 heavy (non-hydrogen) atoms. The second kappa shape index (κ2) is 5.51. The molecule has 0 amide bonds. The van der Waals surface area contributed by atoms with Gasteiger partial charge >= 0.3 is 0 Å². The average Bonchev–Trinajstić information content (AvgIpc) is 2.45. The van der Waals surface area contributed by atoms with E-state index >= 15 is 0 Å². The first-order chi connectivity index (χ1) is 11.4. The first-order valence-electron chi connectivity index (χ1n) is 9.01. The second-order valence-corrected chi connectivity index (χ2v) is 8.25. The third kappa shape index (κ3) is 2.77. The van der Waals surface area contributed by atoms with Gasteiger partial charge in [0.25, 0.3) is 0 Å². The van der Waals surface area contributed by atoms with Gasteiger partial charge in [-0.1, -0.05) is 37.6 Å². The predicted molar refractivity (Wildman–Crippen MR) is 102 cm³/mol. The van der Waals surface area contributed by atoms with Crippen LogP contribution in [-0.4, -0.2) is 31.2 Å². The van der Waals surface area contributed by atoms with Crippen molar-refractivity contribution in [2.45, 2.75) is 34.1 Å². The molecule has 2 aliphatic rings. The van der Waals surface area contributed by atoms with Crippen molar-refractivity contribution in [1.29, 1.82) is 0 Å². The van der Waals surface area contributed by atoms with E-state index in [1.54, 1.807) is 0 Å². The fourth-order valence-electron chi connectivity index (χ4n) is 3.72. The largest absolute Gasteiger partial charge is 0.356 e. The second-order valence-electron chi connectivity index (χ2n) is 8.25. The Morgan fingerprint density at radius 1 is 0.917 bits per heavy atom. The molecular formula is C21H27N3. The summed E-state index contributed by atoms with van der Waals surface area (Å²) in [5.74, 6) is 2.27. The molecule has 0 aliphatic carbocycles. The predicted octanol–water partition coefficient (Wildman–Crippen LogP) is 4.42. The normalized spacial score (nSPS) is 19.0. The first kappa shape index (κ1) is 15.5. The van der Waals surface area contributed by atoms with E-state index in [4.69, 9.17) is 4.98 Å². The lowest BCUT2D eigenvalue weighted by molar-refractivity contribution is 0.274. The summed E-state index contributed by atoms with van der Waals surface area (Å²) in [5.41, 5.74) is 5.68. The summed E-state index contributed by atoms with van der Waals surface area (Å²) in [6.45, 7) is 13.5. The molecule has 0 unspecified atom stereocenters. The van der Waals surface area contributed by atoms with Gasteiger partial charge in [0, 0.05) is 26.2 Å². The zero-order valence-corrected chi connectivity index (χ0v) is 15.3. The molecule has 4 rings (SSSR count). The molecule has 2 saturated heterocycles. The van der Waals surface area contributed by atoms with Crippen molar-refractivity contribution in [1.82, 2.24) is 4.98 Å². The van der Waals surface area contributed by atoms with Crippen LogP contribution in [0.4, 0.5) is 11.6 Å². The molecule has 0 atom stereocenters. The highest BCUT2D eigenvalue weighted by molar-refractivity contribution is 5.74. The van der Waals surface area contributed by atoms with Crippen LogP contribution in [0, 0.1) is 19.3 Å². The Morgan fingerprint density at radius 2 is 1.58 bits per heavy atom. The summed E-state index contributed by atoms with van der Waals surface area (Å²) < 4.78 is 0. The van der Waals surface area contributed by atoms with Gasteiger partial charge in [-0.2, -0.15) is 0 Å². The van der Waals surface area contributed by atoms with E-state index in [9.17, 15) is 0 Å². The van der Waals surface area contributed by atoms with Crippen molar-refractivity contribution in [2.75, 3.05) is 36.0 Å². The van der Waals surface area contributed by atoms with Gasteiger partial charge in [-0.05, 0) is 54.5 Å². The van der Waals surface area contributed by atoms with Crippen LogP contribution in [0.15, 0.2) is 30.3 Å². The maximum absolute atomic E-state index is 4.97. The molecule has 0 spiro atoms. The number of benzene rings is 1. The topological polar surface area (TPSA) is 19.4 Å². The number of rotatable bonds is 3. The van der Waals surface area contributed by atoms with Gasteiger partial charge < -0.3 is 9.80 Å². The SMILES string of the molecule is Cc1ccc(C)c(-c2cc(N3CCC3)nc(N3CC(C)(C)C3)c2)c1. The number of nitrogens with zero attached hydrogens (tertiary/aromatic N) is 3. The van der Waals surface area contributed by atoms with Crippen LogP contribution in [0.5, 0.6) is 0 Å². The van der Waals surface area contributed by atoms with Crippen LogP contribution in [0.2, 0.25) is 0 Å². The molecule has 2 fully saturated rings. The summed E-state index contributed by atoms with van der Waals surface area (Å²) in [6.07, 6.45) is 1.28. The smallest absolute Gasteiger partial charge is 0.131 e. The molecule has 0 N–H and O–H groups in total. The third-order valence-electron chi connectivity index (χ3n) is 5.24. The third-order valence-corrected chi connectivity index (χ3v) is 5.24. The van der Waals surface area contributed by atoms with Gasteiger partial charge in [0.1, 0.15) is 11.6 Å². The van der Waals surface area contributed by atoms with Crippen molar-refractivity contribution in [3.63, 3.8) is 0 Å². The summed E-state index contributed by atoms with van der Waals surface area (Å²) in [7, 11) is 0. The standard InChI is InChI=1S/C21H27N3/c1-15-6-7-16(2)18(10-15)17-11-19(23-8-5-9-23)22-20(12-17)24-13-21(3,4)14-24/h6-7,10-12H,5,8-9,13-14H2,1-4H3. The summed E-state index contributed by atoms with van der Waals surface area (Å²) in [5, 5.41) is 0. The molecule has 0 radical (unpaired) electrons. The highest BCUT2D eigenvalue weighted by Crippen LogP contribution is 2.37.